The summed E-state index contributed by atoms with van der Waals surface area (Å²) in [5.74, 6) is -0.229. The average Bonchev–Trinajstić information content (AvgIpc) is 2.94. The van der Waals surface area contributed by atoms with Crippen LogP contribution in [0.2, 0.25) is 0 Å². The molecular weight excluding hydrogens is 490 g/mol. The molecule has 2 atom stereocenters. The molecule has 0 aliphatic carbocycles. The first kappa shape index (κ1) is 26.4. The van der Waals surface area contributed by atoms with Crippen LogP contribution in [0.4, 0.5) is 4.79 Å². The zero-order valence-corrected chi connectivity index (χ0v) is 22.5. The van der Waals surface area contributed by atoms with Crippen molar-refractivity contribution < 1.29 is 14.4 Å². The SMILES string of the molecule is Cc1ccc(C[C@H]2C(=O)N(CCc3ccccc3)C[C@H]3N2C(=O)CN(C)N3C(=O)NCc2ccccc2)cc1. The van der Waals surface area contributed by atoms with E-state index in [4.69, 9.17) is 0 Å². The minimum absolute atomic E-state index is 0.0248. The molecule has 2 aliphatic heterocycles. The molecule has 39 heavy (non-hydrogen) atoms. The van der Waals surface area contributed by atoms with Gasteiger partial charge in [-0.2, -0.15) is 0 Å². The van der Waals surface area contributed by atoms with Gasteiger partial charge in [0, 0.05) is 26.6 Å². The van der Waals surface area contributed by atoms with E-state index in [1.807, 2.05) is 96.8 Å². The van der Waals surface area contributed by atoms with Crippen molar-refractivity contribution in [1.82, 2.24) is 25.1 Å². The molecule has 2 aliphatic rings. The van der Waals surface area contributed by atoms with Crippen molar-refractivity contribution in [3.8, 4) is 0 Å². The maximum Gasteiger partial charge on any atom is 0.334 e. The van der Waals surface area contributed by atoms with E-state index in [-0.39, 0.29) is 30.9 Å². The number of urea groups is 1. The Morgan fingerprint density at radius 2 is 1.51 bits per heavy atom. The van der Waals surface area contributed by atoms with Gasteiger partial charge in [0.05, 0.1) is 13.1 Å². The molecule has 5 rings (SSSR count). The van der Waals surface area contributed by atoms with Crippen LogP contribution in [0.25, 0.3) is 0 Å². The second-order valence-corrected chi connectivity index (χ2v) is 10.3. The number of rotatable bonds is 7. The lowest BCUT2D eigenvalue weighted by Crippen LogP contribution is -2.76. The number of likely N-dealkylation sites (N-methyl/N-ethyl adjacent to an activating group) is 1. The highest BCUT2D eigenvalue weighted by atomic mass is 16.2. The van der Waals surface area contributed by atoms with Crippen LogP contribution < -0.4 is 5.32 Å². The van der Waals surface area contributed by atoms with Gasteiger partial charge in [0.15, 0.2) is 0 Å². The molecule has 0 unspecified atom stereocenters. The molecule has 8 nitrogen and oxygen atoms in total. The van der Waals surface area contributed by atoms with Crippen molar-refractivity contribution in [2.75, 3.05) is 26.7 Å². The highest BCUT2D eigenvalue weighted by Gasteiger charge is 2.50. The van der Waals surface area contributed by atoms with E-state index in [1.165, 1.54) is 0 Å². The Hall–Kier alpha value is -4.17. The highest BCUT2D eigenvalue weighted by Crippen LogP contribution is 2.28. The number of fused-ring (bicyclic) bond motifs is 1. The molecule has 4 amide bonds. The maximum atomic E-state index is 13.9. The topological polar surface area (TPSA) is 76.2 Å². The third-order valence-electron chi connectivity index (χ3n) is 7.50. The smallest absolute Gasteiger partial charge is 0.334 e. The van der Waals surface area contributed by atoms with E-state index >= 15 is 0 Å². The summed E-state index contributed by atoms with van der Waals surface area (Å²) in [6.07, 6.45) is 0.489. The second kappa shape index (κ2) is 11.7. The van der Waals surface area contributed by atoms with Crippen LogP contribution >= 0.6 is 0 Å². The summed E-state index contributed by atoms with van der Waals surface area (Å²) in [6.45, 7) is 3.18. The van der Waals surface area contributed by atoms with Crippen LogP contribution in [-0.4, -0.2) is 76.6 Å². The molecule has 0 spiro atoms. The first-order valence-electron chi connectivity index (χ1n) is 13.4. The van der Waals surface area contributed by atoms with Crippen LogP contribution in [0.1, 0.15) is 22.3 Å². The number of benzene rings is 3. The quantitative estimate of drug-likeness (QED) is 0.514. The van der Waals surface area contributed by atoms with Gasteiger partial charge in [-0.15, -0.1) is 0 Å². The molecule has 0 saturated carbocycles. The fraction of sp³-hybridized carbons (Fsp3) is 0.323. The standard InChI is InChI=1S/C31H35N5O3/c1-23-13-15-25(16-14-23)19-27-30(38)34(18-17-24-9-5-3-6-10-24)21-28-35(27)29(37)22-33(2)36(28)31(39)32-20-26-11-7-4-8-12-26/h3-16,27-28H,17-22H2,1-2H3,(H,32,39)/t27-,28-/m0/s1. The fourth-order valence-corrected chi connectivity index (χ4v) is 5.42. The minimum Gasteiger partial charge on any atom is -0.337 e. The van der Waals surface area contributed by atoms with Crippen LogP contribution in [0.3, 0.4) is 0 Å². The monoisotopic (exact) mass is 525 g/mol. The number of hydrazine groups is 1. The van der Waals surface area contributed by atoms with Crippen molar-refractivity contribution in [1.29, 1.82) is 0 Å². The molecule has 0 radical (unpaired) electrons. The maximum absolute atomic E-state index is 13.9. The number of aryl methyl sites for hydroxylation is 1. The van der Waals surface area contributed by atoms with Gasteiger partial charge in [0.2, 0.25) is 11.8 Å². The normalized spacial score (nSPS) is 19.7. The first-order valence-corrected chi connectivity index (χ1v) is 13.4. The lowest BCUT2D eigenvalue weighted by atomic mass is 9.98. The van der Waals surface area contributed by atoms with Crippen LogP contribution in [0.5, 0.6) is 0 Å². The number of nitrogens with zero attached hydrogens (tertiary/aromatic N) is 4. The number of piperazine rings is 1. The van der Waals surface area contributed by atoms with Crippen LogP contribution in [0, 0.1) is 6.92 Å². The summed E-state index contributed by atoms with van der Waals surface area (Å²) in [5.41, 5.74) is 4.23. The predicted octanol–water partition coefficient (Wildman–Crippen LogP) is 3.22. The predicted molar refractivity (Wildman–Crippen MR) is 149 cm³/mol. The fourth-order valence-electron chi connectivity index (χ4n) is 5.42. The summed E-state index contributed by atoms with van der Waals surface area (Å²) in [6, 6.07) is 26.8. The van der Waals surface area contributed by atoms with E-state index in [9.17, 15) is 14.4 Å². The van der Waals surface area contributed by atoms with Gasteiger partial charge in [-0.05, 0) is 30.0 Å². The van der Waals surface area contributed by atoms with Crippen LogP contribution in [-0.2, 0) is 29.0 Å². The summed E-state index contributed by atoms with van der Waals surface area (Å²) in [4.78, 5) is 44.3. The third kappa shape index (κ3) is 5.96. The molecule has 1 N–H and O–H groups in total. The minimum atomic E-state index is -0.687. The third-order valence-corrected chi connectivity index (χ3v) is 7.50. The van der Waals surface area contributed by atoms with Crippen molar-refractivity contribution in [2.45, 2.75) is 38.5 Å². The van der Waals surface area contributed by atoms with Gasteiger partial charge >= 0.3 is 6.03 Å². The number of hydrogen-bond donors (Lipinski definition) is 1. The van der Waals surface area contributed by atoms with Crippen LogP contribution in [0.15, 0.2) is 84.9 Å². The molecular formula is C31H35N5O3. The zero-order valence-electron chi connectivity index (χ0n) is 22.5. The summed E-state index contributed by atoms with van der Waals surface area (Å²) >= 11 is 0. The molecule has 2 heterocycles. The molecule has 202 valence electrons. The number of nitrogens with one attached hydrogen (secondary N) is 1. The number of amides is 4. The van der Waals surface area contributed by atoms with E-state index in [1.54, 1.807) is 22.0 Å². The molecule has 2 saturated heterocycles. The van der Waals surface area contributed by atoms with Crippen molar-refractivity contribution >= 4 is 17.8 Å². The van der Waals surface area contributed by atoms with Gasteiger partial charge in [-0.3, -0.25) is 9.59 Å². The molecule has 2 fully saturated rings. The van der Waals surface area contributed by atoms with Gasteiger partial charge in [-0.25, -0.2) is 14.8 Å². The Morgan fingerprint density at radius 3 is 2.18 bits per heavy atom. The van der Waals surface area contributed by atoms with Crippen molar-refractivity contribution in [3.05, 3.63) is 107 Å². The Bertz CT molecular complexity index is 1300. The van der Waals surface area contributed by atoms with E-state index in [0.29, 0.717) is 25.9 Å². The Balaban J connectivity index is 1.42. The number of hydrogen-bond acceptors (Lipinski definition) is 4. The summed E-state index contributed by atoms with van der Waals surface area (Å²) in [7, 11) is 1.75. The van der Waals surface area contributed by atoms with E-state index < -0.39 is 12.2 Å². The molecule has 8 heteroatoms. The Morgan fingerprint density at radius 1 is 0.872 bits per heavy atom. The second-order valence-electron chi connectivity index (χ2n) is 10.3. The number of carbonyl (C=O) groups is 3. The lowest BCUT2D eigenvalue weighted by molar-refractivity contribution is -0.186. The van der Waals surface area contributed by atoms with Gasteiger partial charge in [0.25, 0.3) is 0 Å². The summed E-state index contributed by atoms with van der Waals surface area (Å²) < 4.78 is 0. The molecule has 0 bridgehead atoms. The number of carbonyl (C=O) groups excluding carboxylic acids is 3. The Kier molecular flexibility index (Phi) is 7.93. The van der Waals surface area contributed by atoms with Crippen molar-refractivity contribution in [3.63, 3.8) is 0 Å². The zero-order chi connectivity index (χ0) is 27.4. The summed E-state index contributed by atoms with van der Waals surface area (Å²) in [5, 5.41) is 6.28. The highest BCUT2D eigenvalue weighted by molar-refractivity contribution is 5.91. The average molecular weight is 526 g/mol. The largest absolute Gasteiger partial charge is 0.337 e. The molecule has 3 aromatic rings. The van der Waals surface area contributed by atoms with E-state index in [0.717, 1.165) is 22.3 Å². The van der Waals surface area contributed by atoms with E-state index in [2.05, 4.69) is 5.32 Å². The van der Waals surface area contributed by atoms with Crippen molar-refractivity contribution in [2.24, 2.45) is 0 Å². The molecule has 0 aromatic heterocycles. The van der Waals surface area contributed by atoms with Gasteiger partial charge < -0.3 is 15.1 Å². The molecule has 3 aromatic carbocycles. The van der Waals surface area contributed by atoms with Gasteiger partial charge in [0.1, 0.15) is 12.2 Å². The van der Waals surface area contributed by atoms with Gasteiger partial charge in [-0.1, -0.05) is 90.5 Å². The lowest BCUT2D eigenvalue weighted by Gasteiger charge is -2.54. The first-order chi connectivity index (χ1) is 18.9. The Labute approximate surface area is 229 Å².